The predicted molar refractivity (Wildman–Crippen MR) is 96.1 cm³/mol. The lowest BCUT2D eigenvalue weighted by molar-refractivity contribution is 0.0962. The van der Waals surface area contributed by atoms with Crippen LogP contribution in [0.15, 0.2) is 61.1 Å². The molecule has 0 fully saturated rings. The average Bonchev–Trinajstić information content (AvgIpc) is 3.12. The highest BCUT2D eigenvalue weighted by Gasteiger charge is 2.11. The van der Waals surface area contributed by atoms with Crippen molar-refractivity contribution in [3.63, 3.8) is 0 Å². The molecular formula is C19H18N4O2. The molecule has 0 unspecified atom stereocenters. The van der Waals surface area contributed by atoms with Crippen molar-refractivity contribution in [2.24, 2.45) is 0 Å². The fourth-order valence-corrected chi connectivity index (χ4v) is 2.34. The third-order valence-corrected chi connectivity index (χ3v) is 3.78. The second-order valence-electron chi connectivity index (χ2n) is 5.61. The smallest absolute Gasteiger partial charge is 0.275 e. The van der Waals surface area contributed by atoms with E-state index in [4.69, 9.17) is 0 Å². The molecular weight excluding hydrogens is 316 g/mol. The van der Waals surface area contributed by atoms with E-state index in [9.17, 15) is 9.59 Å². The van der Waals surface area contributed by atoms with Gasteiger partial charge in [0.25, 0.3) is 11.8 Å². The summed E-state index contributed by atoms with van der Waals surface area (Å²) in [5.74, 6) is -0.478. The zero-order valence-corrected chi connectivity index (χ0v) is 14.0. The van der Waals surface area contributed by atoms with Gasteiger partial charge in [-0.25, -0.2) is 4.98 Å². The number of nitrogens with zero attached hydrogens (tertiary/aromatic N) is 2. The van der Waals surface area contributed by atoms with E-state index >= 15 is 0 Å². The molecule has 25 heavy (non-hydrogen) atoms. The number of imidazole rings is 1. The molecule has 1 heterocycles. The maximum Gasteiger partial charge on any atom is 0.275 e. The van der Waals surface area contributed by atoms with Crippen LogP contribution in [-0.2, 0) is 0 Å². The molecule has 0 aliphatic rings. The van der Waals surface area contributed by atoms with Crippen molar-refractivity contribution < 1.29 is 9.59 Å². The van der Waals surface area contributed by atoms with Gasteiger partial charge < -0.3 is 15.2 Å². The van der Waals surface area contributed by atoms with Gasteiger partial charge in [0.15, 0.2) is 0 Å². The van der Waals surface area contributed by atoms with Crippen molar-refractivity contribution in [2.45, 2.75) is 6.92 Å². The summed E-state index contributed by atoms with van der Waals surface area (Å²) in [6.07, 6.45) is 3.28. The van der Waals surface area contributed by atoms with Crippen molar-refractivity contribution in [1.82, 2.24) is 14.9 Å². The Morgan fingerprint density at radius 1 is 0.960 bits per heavy atom. The van der Waals surface area contributed by atoms with E-state index in [-0.39, 0.29) is 11.8 Å². The van der Waals surface area contributed by atoms with Crippen LogP contribution in [0.5, 0.6) is 0 Å². The minimum absolute atomic E-state index is 0.172. The number of carbonyl (C=O) groups is 2. The number of nitrogens with one attached hydrogen (secondary N) is 2. The molecule has 0 spiro atoms. The molecule has 0 saturated carbocycles. The molecule has 6 nitrogen and oxygen atoms in total. The monoisotopic (exact) mass is 334 g/mol. The number of rotatable bonds is 4. The van der Waals surface area contributed by atoms with Gasteiger partial charge in [-0.1, -0.05) is 17.7 Å². The fourth-order valence-electron chi connectivity index (χ4n) is 2.34. The molecule has 2 aromatic carbocycles. The van der Waals surface area contributed by atoms with E-state index in [1.54, 1.807) is 48.4 Å². The minimum atomic E-state index is -0.307. The summed E-state index contributed by atoms with van der Waals surface area (Å²) in [6, 6.07) is 14.6. The van der Waals surface area contributed by atoms with Crippen LogP contribution in [0.1, 0.15) is 26.4 Å². The summed E-state index contributed by atoms with van der Waals surface area (Å²) in [5, 5.41) is 5.32. The van der Waals surface area contributed by atoms with Gasteiger partial charge in [-0.05, 0) is 43.3 Å². The number of amides is 2. The van der Waals surface area contributed by atoms with Crippen LogP contribution >= 0.6 is 0 Å². The summed E-state index contributed by atoms with van der Waals surface area (Å²) in [4.78, 5) is 28.0. The van der Waals surface area contributed by atoms with Gasteiger partial charge in [0.1, 0.15) is 12.0 Å². The number of aryl methyl sites for hydroxylation is 1. The quantitative estimate of drug-likeness (QED) is 0.770. The number of hydrogen-bond acceptors (Lipinski definition) is 3. The van der Waals surface area contributed by atoms with Crippen molar-refractivity contribution in [3.05, 3.63) is 77.9 Å². The summed E-state index contributed by atoms with van der Waals surface area (Å²) in [5.41, 5.74) is 3.55. The first-order valence-corrected chi connectivity index (χ1v) is 7.81. The normalized spacial score (nSPS) is 10.3. The molecule has 2 N–H and O–H groups in total. The summed E-state index contributed by atoms with van der Waals surface area (Å²) >= 11 is 0. The minimum Gasteiger partial charge on any atom is -0.355 e. The molecule has 3 rings (SSSR count). The summed E-state index contributed by atoms with van der Waals surface area (Å²) < 4.78 is 1.79. The van der Waals surface area contributed by atoms with E-state index in [2.05, 4.69) is 15.6 Å². The Bertz CT molecular complexity index is 896. The lowest BCUT2D eigenvalue weighted by Gasteiger charge is -2.05. The van der Waals surface area contributed by atoms with E-state index in [1.807, 2.05) is 31.2 Å². The van der Waals surface area contributed by atoms with Crippen LogP contribution in [0.3, 0.4) is 0 Å². The van der Waals surface area contributed by atoms with Crippen molar-refractivity contribution >= 4 is 17.5 Å². The van der Waals surface area contributed by atoms with Gasteiger partial charge in [-0.2, -0.15) is 0 Å². The molecule has 0 atom stereocenters. The molecule has 6 heteroatoms. The van der Waals surface area contributed by atoms with E-state index in [1.165, 1.54) is 5.56 Å². The average molecular weight is 334 g/mol. The molecule has 3 aromatic rings. The predicted octanol–water partition coefficient (Wildman–Crippen LogP) is 2.79. The highest BCUT2D eigenvalue weighted by Crippen LogP contribution is 2.13. The third-order valence-electron chi connectivity index (χ3n) is 3.78. The van der Waals surface area contributed by atoms with E-state index < -0.39 is 0 Å². The topological polar surface area (TPSA) is 76.0 Å². The third kappa shape index (κ3) is 3.74. The van der Waals surface area contributed by atoms with Gasteiger partial charge in [-0.15, -0.1) is 0 Å². The number of anilines is 1. The zero-order chi connectivity index (χ0) is 17.8. The standard InChI is InChI=1S/C19H18N4O2/c1-13-3-9-16(10-4-13)23-11-17(21-12-23)19(25)22-15-7-5-14(6-8-15)18(24)20-2/h3-12H,1-2H3,(H,20,24)(H,22,25). The van der Waals surface area contributed by atoms with Gasteiger partial charge in [0.05, 0.1) is 0 Å². The van der Waals surface area contributed by atoms with Gasteiger partial charge in [0, 0.05) is 30.2 Å². The number of carbonyl (C=O) groups excluding carboxylic acids is 2. The molecule has 0 saturated heterocycles. The number of aromatic nitrogens is 2. The second kappa shape index (κ2) is 7.00. The summed E-state index contributed by atoms with van der Waals surface area (Å²) in [7, 11) is 1.57. The van der Waals surface area contributed by atoms with E-state index in [0.717, 1.165) is 5.69 Å². The van der Waals surface area contributed by atoms with Gasteiger partial charge in [-0.3, -0.25) is 9.59 Å². The Morgan fingerprint density at radius 2 is 1.64 bits per heavy atom. The van der Waals surface area contributed by atoms with Crippen LogP contribution in [-0.4, -0.2) is 28.4 Å². The molecule has 126 valence electrons. The molecule has 1 aromatic heterocycles. The van der Waals surface area contributed by atoms with Crippen LogP contribution in [0, 0.1) is 6.92 Å². The van der Waals surface area contributed by atoms with Gasteiger partial charge in [0.2, 0.25) is 0 Å². The van der Waals surface area contributed by atoms with Crippen LogP contribution in [0.4, 0.5) is 5.69 Å². The number of hydrogen-bond donors (Lipinski definition) is 2. The van der Waals surface area contributed by atoms with Crippen molar-refractivity contribution in [3.8, 4) is 5.69 Å². The highest BCUT2D eigenvalue weighted by atomic mass is 16.2. The van der Waals surface area contributed by atoms with E-state index in [0.29, 0.717) is 16.9 Å². The SMILES string of the molecule is CNC(=O)c1ccc(NC(=O)c2cn(-c3ccc(C)cc3)cn2)cc1. The second-order valence-corrected chi connectivity index (χ2v) is 5.61. The first-order chi connectivity index (χ1) is 12.1. The maximum absolute atomic E-state index is 12.3. The summed E-state index contributed by atoms with van der Waals surface area (Å²) in [6.45, 7) is 2.02. The molecule has 0 aliphatic heterocycles. The highest BCUT2D eigenvalue weighted by molar-refractivity contribution is 6.03. The first-order valence-electron chi connectivity index (χ1n) is 7.81. The Morgan fingerprint density at radius 3 is 2.28 bits per heavy atom. The van der Waals surface area contributed by atoms with Crippen LogP contribution < -0.4 is 10.6 Å². The van der Waals surface area contributed by atoms with Gasteiger partial charge >= 0.3 is 0 Å². The molecule has 2 amide bonds. The van der Waals surface area contributed by atoms with Crippen LogP contribution in [0.25, 0.3) is 5.69 Å². The molecule has 0 radical (unpaired) electrons. The fraction of sp³-hybridized carbons (Fsp3) is 0.105. The van der Waals surface area contributed by atoms with Crippen LogP contribution in [0.2, 0.25) is 0 Å². The largest absolute Gasteiger partial charge is 0.355 e. The Hall–Kier alpha value is -3.41. The van der Waals surface area contributed by atoms with Crippen molar-refractivity contribution in [2.75, 3.05) is 12.4 Å². The molecule has 0 aliphatic carbocycles. The Kier molecular flexibility index (Phi) is 4.61. The Balaban J connectivity index is 1.71. The lowest BCUT2D eigenvalue weighted by Crippen LogP contribution is -2.18. The maximum atomic E-state index is 12.3. The number of benzene rings is 2. The Labute approximate surface area is 145 Å². The zero-order valence-electron chi connectivity index (χ0n) is 14.0. The lowest BCUT2D eigenvalue weighted by atomic mass is 10.2. The molecule has 0 bridgehead atoms. The van der Waals surface area contributed by atoms with Crippen molar-refractivity contribution in [1.29, 1.82) is 0 Å². The first kappa shape index (κ1) is 16.4.